The van der Waals surface area contributed by atoms with E-state index in [1.807, 2.05) is 0 Å². The van der Waals surface area contributed by atoms with Crippen molar-refractivity contribution >= 4 is 12.0 Å². The molecule has 6 heteroatoms. The van der Waals surface area contributed by atoms with E-state index in [9.17, 15) is 9.59 Å². The Morgan fingerprint density at radius 1 is 1.37 bits per heavy atom. The zero-order valence-electron chi connectivity index (χ0n) is 11.7. The number of carboxylic acid groups (broad SMARTS) is 1. The number of nitrogens with zero attached hydrogens (tertiary/aromatic N) is 1. The zero-order chi connectivity index (χ0) is 14.3. The molecule has 0 spiro atoms. The number of nitrogens with one attached hydrogen (secondary N) is 1. The fraction of sp³-hybridized carbons (Fsp3) is 0.846. The number of carbonyl (C=O) groups is 2. The van der Waals surface area contributed by atoms with Crippen molar-refractivity contribution in [2.45, 2.75) is 52.0 Å². The van der Waals surface area contributed by atoms with Crippen LogP contribution in [-0.4, -0.2) is 41.2 Å². The third-order valence-electron chi connectivity index (χ3n) is 3.33. The van der Waals surface area contributed by atoms with E-state index < -0.39 is 12.6 Å². The van der Waals surface area contributed by atoms with Crippen LogP contribution >= 0.6 is 0 Å². The van der Waals surface area contributed by atoms with Crippen molar-refractivity contribution in [1.82, 2.24) is 10.4 Å². The maximum Gasteiger partial charge on any atom is 0.341 e. The predicted octanol–water partition coefficient (Wildman–Crippen LogP) is 2.00. The standard InChI is InChI=1S/C13H24N2O4/c1-10(2)7-8-15(11-5-3-4-6-11)13(18)14-19-9-12(16)17/h10-11H,3-9H2,1-2H3,(H,14,18)(H,16,17). The summed E-state index contributed by atoms with van der Waals surface area (Å²) >= 11 is 0. The first-order valence-corrected chi connectivity index (χ1v) is 6.91. The minimum absolute atomic E-state index is 0.257. The van der Waals surface area contributed by atoms with Crippen molar-refractivity contribution in [3.63, 3.8) is 0 Å². The SMILES string of the molecule is CC(C)CCN(C(=O)NOCC(=O)O)C1CCCC1. The first-order chi connectivity index (χ1) is 9.00. The summed E-state index contributed by atoms with van der Waals surface area (Å²) in [5.74, 6) is -0.577. The van der Waals surface area contributed by atoms with E-state index in [0.29, 0.717) is 12.5 Å². The molecule has 0 aromatic carbocycles. The molecule has 0 bridgehead atoms. The molecule has 1 aliphatic carbocycles. The number of amides is 2. The number of urea groups is 1. The van der Waals surface area contributed by atoms with Gasteiger partial charge in [0.2, 0.25) is 0 Å². The smallest absolute Gasteiger partial charge is 0.341 e. The second-order valence-electron chi connectivity index (χ2n) is 5.40. The van der Waals surface area contributed by atoms with E-state index in [2.05, 4.69) is 24.2 Å². The molecule has 1 aliphatic rings. The zero-order valence-corrected chi connectivity index (χ0v) is 11.7. The Morgan fingerprint density at radius 2 is 2.00 bits per heavy atom. The normalized spacial score (nSPS) is 15.7. The van der Waals surface area contributed by atoms with Crippen molar-refractivity contribution in [3.8, 4) is 0 Å². The molecule has 0 aliphatic heterocycles. The monoisotopic (exact) mass is 272 g/mol. The fourth-order valence-corrected chi connectivity index (χ4v) is 2.28. The molecule has 1 saturated carbocycles. The number of carboxylic acids is 1. The Balaban J connectivity index is 2.46. The quantitative estimate of drug-likeness (QED) is 0.695. The molecule has 1 fully saturated rings. The first-order valence-electron chi connectivity index (χ1n) is 6.91. The minimum Gasteiger partial charge on any atom is -0.479 e. The van der Waals surface area contributed by atoms with Gasteiger partial charge in [-0.25, -0.2) is 15.1 Å². The summed E-state index contributed by atoms with van der Waals surface area (Å²) in [4.78, 5) is 28.8. The van der Waals surface area contributed by atoms with E-state index in [1.165, 1.54) is 0 Å². The molecule has 19 heavy (non-hydrogen) atoms. The topological polar surface area (TPSA) is 78.9 Å². The molecule has 0 aromatic heterocycles. The van der Waals surface area contributed by atoms with E-state index >= 15 is 0 Å². The molecule has 0 radical (unpaired) electrons. The van der Waals surface area contributed by atoms with Crippen molar-refractivity contribution in [1.29, 1.82) is 0 Å². The molecular formula is C13H24N2O4. The maximum atomic E-state index is 12.0. The van der Waals surface area contributed by atoms with Crippen LogP contribution in [0.15, 0.2) is 0 Å². The van der Waals surface area contributed by atoms with Crippen LogP contribution in [-0.2, 0) is 9.63 Å². The number of rotatable bonds is 7. The molecule has 1 rings (SSSR count). The highest BCUT2D eigenvalue weighted by Gasteiger charge is 2.26. The summed E-state index contributed by atoms with van der Waals surface area (Å²) in [7, 11) is 0. The molecule has 0 unspecified atom stereocenters. The highest BCUT2D eigenvalue weighted by molar-refractivity contribution is 5.74. The highest BCUT2D eigenvalue weighted by atomic mass is 16.7. The van der Waals surface area contributed by atoms with E-state index in [0.717, 1.165) is 32.1 Å². The third-order valence-corrected chi connectivity index (χ3v) is 3.33. The lowest BCUT2D eigenvalue weighted by Gasteiger charge is -2.29. The maximum absolute atomic E-state index is 12.0. The average molecular weight is 272 g/mol. The Bertz CT molecular complexity index is 301. The summed E-state index contributed by atoms with van der Waals surface area (Å²) in [6.07, 6.45) is 5.26. The molecular weight excluding hydrogens is 248 g/mol. The Hall–Kier alpha value is -1.30. The molecule has 0 aromatic rings. The van der Waals surface area contributed by atoms with Gasteiger partial charge in [0.05, 0.1) is 0 Å². The molecule has 0 heterocycles. The van der Waals surface area contributed by atoms with Crippen LogP contribution in [0.3, 0.4) is 0 Å². The average Bonchev–Trinajstić information content (AvgIpc) is 2.82. The number of hydroxylamine groups is 1. The van der Waals surface area contributed by atoms with Gasteiger partial charge in [-0.15, -0.1) is 0 Å². The van der Waals surface area contributed by atoms with Gasteiger partial charge in [-0.3, -0.25) is 4.84 Å². The molecule has 6 nitrogen and oxygen atoms in total. The summed E-state index contributed by atoms with van der Waals surface area (Å²) < 4.78 is 0. The van der Waals surface area contributed by atoms with Crippen molar-refractivity contribution < 1.29 is 19.5 Å². The van der Waals surface area contributed by atoms with Gasteiger partial charge in [0.15, 0.2) is 6.61 Å². The van der Waals surface area contributed by atoms with Crippen LogP contribution in [0.2, 0.25) is 0 Å². The van der Waals surface area contributed by atoms with E-state index in [-0.39, 0.29) is 12.1 Å². The van der Waals surface area contributed by atoms with Crippen molar-refractivity contribution in [2.75, 3.05) is 13.2 Å². The van der Waals surface area contributed by atoms with Crippen molar-refractivity contribution in [2.24, 2.45) is 5.92 Å². The van der Waals surface area contributed by atoms with Gasteiger partial charge in [0, 0.05) is 12.6 Å². The van der Waals surface area contributed by atoms with Crippen molar-refractivity contribution in [3.05, 3.63) is 0 Å². The van der Waals surface area contributed by atoms with Crippen LogP contribution in [0.25, 0.3) is 0 Å². The van der Waals surface area contributed by atoms with Gasteiger partial charge in [-0.2, -0.15) is 0 Å². The molecule has 0 saturated heterocycles. The van der Waals surface area contributed by atoms with Crippen LogP contribution in [0.1, 0.15) is 46.0 Å². The number of hydrogen-bond donors (Lipinski definition) is 2. The largest absolute Gasteiger partial charge is 0.479 e. The minimum atomic E-state index is -1.10. The predicted molar refractivity (Wildman–Crippen MR) is 70.5 cm³/mol. The molecule has 2 amide bonds. The lowest BCUT2D eigenvalue weighted by molar-refractivity contribution is -0.144. The summed E-state index contributed by atoms with van der Waals surface area (Å²) in [5.41, 5.74) is 2.22. The van der Waals surface area contributed by atoms with Crippen LogP contribution < -0.4 is 5.48 Å². The van der Waals surface area contributed by atoms with E-state index in [1.54, 1.807) is 4.90 Å². The lowest BCUT2D eigenvalue weighted by atomic mass is 10.1. The Kier molecular flexibility index (Phi) is 6.62. The van der Waals surface area contributed by atoms with Crippen LogP contribution in [0.5, 0.6) is 0 Å². The van der Waals surface area contributed by atoms with Crippen LogP contribution in [0, 0.1) is 5.92 Å². The fourth-order valence-electron chi connectivity index (χ4n) is 2.28. The second kappa shape index (κ2) is 7.99. The molecule has 0 atom stereocenters. The lowest BCUT2D eigenvalue weighted by Crippen LogP contribution is -2.46. The summed E-state index contributed by atoms with van der Waals surface area (Å²) in [6.45, 7) is 4.40. The molecule has 110 valence electrons. The van der Waals surface area contributed by atoms with E-state index in [4.69, 9.17) is 5.11 Å². The third kappa shape index (κ3) is 5.92. The number of carbonyl (C=O) groups excluding carboxylic acids is 1. The van der Waals surface area contributed by atoms with Gasteiger partial charge >= 0.3 is 12.0 Å². The number of hydrogen-bond acceptors (Lipinski definition) is 3. The van der Waals surface area contributed by atoms with Gasteiger partial charge in [-0.05, 0) is 25.2 Å². The first kappa shape index (κ1) is 15.8. The van der Waals surface area contributed by atoms with Gasteiger partial charge in [0.25, 0.3) is 0 Å². The summed E-state index contributed by atoms with van der Waals surface area (Å²) in [5, 5.41) is 8.46. The highest BCUT2D eigenvalue weighted by Crippen LogP contribution is 2.24. The second-order valence-corrected chi connectivity index (χ2v) is 5.40. The number of aliphatic carboxylic acids is 1. The summed E-state index contributed by atoms with van der Waals surface area (Å²) in [6, 6.07) is -0.0685. The Labute approximate surface area is 114 Å². The van der Waals surface area contributed by atoms with Gasteiger partial charge < -0.3 is 10.0 Å². The molecule has 2 N–H and O–H groups in total. The van der Waals surface area contributed by atoms with Gasteiger partial charge in [0.1, 0.15) is 0 Å². The van der Waals surface area contributed by atoms with Gasteiger partial charge in [-0.1, -0.05) is 26.7 Å². The van der Waals surface area contributed by atoms with Crippen LogP contribution in [0.4, 0.5) is 4.79 Å². The Morgan fingerprint density at radius 3 is 2.53 bits per heavy atom.